The van der Waals surface area contributed by atoms with Crippen molar-refractivity contribution in [2.24, 2.45) is 5.92 Å². The molecule has 1 fully saturated rings. The lowest BCUT2D eigenvalue weighted by Crippen LogP contribution is -2.38. The summed E-state index contributed by atoms with van der Waals surface area (Å²) in [6.45, 7) is 4.02. The van der Waals surface area contributed by atoms with Gasteiger partial charge in [0.05, 0.1) is 0 Å². The normalized spacial score (nSPS) is 16.6. The van der Waals surface area contributed by atoms with Crippen LogP contribution in [0.4, 0.5) is 0 Å². The number of H-pyrrole nitrogens is 1. The van der Waals surface area contributed by atoms with Gasteiger partial charge in [-0.05, 0) is 48.1 Å². The SMILES string of the molecule is CC1CCN(C(=O)C[C@@H](c2ccc(Cl)cc2)c2c[nH]c3ccccc23)CC1. The van der Waals surface area contributed by atoms with Gasteiger partial charge in [-0.1, -0.05) is 48.9 Å². The lowest BCUT2D eigenvalue weighted by atomic mass is 9.87. The Kier molecular flexibility index (Phi) is 5.22. The van der Waals surface area contributed by atoms with Gasteiger partial charge in [0, 0.05) is 47.6 Å². The molecule has 0 radical (unpaired) electrons. The Morgan fingerprint density at radius 3 is 2.59 bits per heavy atom. The molecule has 0 bridgehead atoms. The van der Waals surface area contributed by atoms with E-state index in [9.17, 15) is 4.79 Å². The number of hydrogen-bond acceptors (Lipinski definition) is 1. The Morgan fingerprint density at radius 1 is 1.15 bits per heavy atom. The molecule has 3 aromatic rings. The summed E-state index contributed by atoms with van der Waals surface area (Å²) < 4.78 is 0. The molecule has 0 saturated carbocycles. The van der Waals surface area contributed by atoms with Crippen molar-refractivity contribution in [2.45, 2.75) is 32.1 Å². The number of carbonyl (C=O) groups excluding carboxylic acids is 1. The van der Waals surface area contributed by atoms with Gasteiger partial charge in [0.15, 0.2) is 0 Å². The van der Waals surface area contributed by atoms with E-state index >= 15 is 0 Å². The number of amides is 1. The lowest BCUT2D eigenvalue weighted by molar-refractivity contribution is -0.132. The van der Waals surface area contributed by atoms with Crippen LogP contribution in [0.1, 0.15) is 43.2 Å². The smallest absolute Gasteiger partial charge is 0.223 e. The highest BCUT2D eigenvalue weighted by Crippen LogP contribution is 2.34. The van der Waals surface area contributed by atoms with E-state index in [1.54, 1.807) is 0 Å². The predicted octanol–water partition coefficient (Wildman–Crippen LogP) is 5.60. The maximum absolute atomic E-state index is 13.1. The summed E-state index contributed by atoms with van der Waals surface area (Å²) in [5, 5.41) is 1.89. The highest BCUT2D eigenvalue weighted by molar-refractivity contribution is 6.30. The quantitative estimate of drug-likeness (QED) is 0.628. The maximum Gasteiger partial charge on any atom is 0.223 e. The van der Waals surface area contributed by atoms with E-state index in [0.717, 1.165) is 42.9 Å². The first kappa shape index (κ1) is 18.1. The predicted molar refractivity (Wildman–Crippen MR) is 111 cm³/mol. The monoisotopic (exact) mass is 380 g/mol. The minimum Gasteiger partial charge on any atom is -0.361 e. The van der Waals surface area contributed by atoms with Crippen LogP contribution < -0.4 is 0 Å². The van der Waals surface area contributed by atoms with Gasteiger partial charge in [0.2, 0.25) is 5.91 Å². The minimum absolute atomic E-state index is 0.0188. The molecule has 1 atom stereocenters. The number of benzene rings is 2. The van der Waals surface area contributed by atoms with Gasteiger partial charge in [0.1, 0.15) is 0 Å². The van der Waals surface area contributed by atoms with Crippen molar-refractivity contribution in [3.05, 3.63) is 70.9 Å². The van der Waals surface area contributed by atoms with Crippen LogP contribution in [0.2, 0.25) is 5.02 Å². The molecule has 27 heavy (non-hydrogen) atoms. The third-order valence-corrected chi connectivity index (χ3v) is 6.04. The summed E-state index contributed by atoms with van der Waals surface area (Å²) in [6.07, 6.45) is 4.74. The minimum atomic E-state index is 0.0188. The molecule has 1 N–H and O–H groups in total. The number of nitrogens with one attached hydrogen (secondary N) is 1. The Bertz CT molecular complexity index is 923. The molecule has 2 aromatic carbocycles. The summed E-state index contributed by atoms with van der Waals surface area (Å²) >= 11 is 6.10. The third kappa shape index (κ3) is 3.89. The Labute approximate surface area is 165 Å². The summed E-state index contributed by atoms with van der Waals surface area (Å²) in [4.78, 5) is 18.5. The maximum atomic E-state index is 13.1. The van der Waals surface area contributed by atoms with Crippen molar-refractivity contribution in [3.8, 4) is 0 Å². The molecule has 4 rings (SSSR count). The van der Waals surface area contributed by atoms with E-state index in [0.29, 0.717) is 11.4 Å². The zero-order chi connectivity index (χ0) is 18.8. The van der Waals surface area contributed by atoms with Gasteiger partial charge in [0.25, 0.3) is 0 Å². The largest absolute Gasteiger partial charge is 0.361 e. The van der Waals surface area contributed by atoms with Crippen molar-refractivity contribution in [1.82, 2.24) is 9.88 Å². The average molecular weight is 381 g/mol. The summed E-state index contributed by atoms with van der Waals surface area (Å²) in [7, 11) is 0. The van der Waals surface area contributed by atoms with Gasteiger partial charge in [-0.3, -0.25) is 4.79 Å². The number of piperidine rings is 1. The number of rotatable bonds is 4. The van der Waals surface area contributed by atoms with Crippen LogP contribution in [0.25, 0.3) is 10.9 Å². The van der Waals surface area contributed by atoms with E-state index in [2.05, 4.69) is 30.2 Å². The van der Waals surface area contributed by atoms with Crippen LogP contribution in [0.3, 0.4) is 0 Å². The van der Waals surface area contributed by atoms with Gasteiger partial charge in [-0.25, -0.2) is 0 Å². The van der Waals surface area contributed by atoms with Crippen molar-refractivity contribution >= 4 is 28.4 Å². The number of carbonyl (C=O) groups is 1. The molecule has 0 aliphatic carbocycles. The van der Waals surface area contributed by atoms with Gasteiger partial charge < -0.3 is 9.88 Å². The fourth-order valence-electron chi connectivity index (χ4n) is 4.05. The summed E-state index contributed by atoms with van der Waals surface area (Å²) in [6, 6.07) is 16.2. The first-order chi connectivity index (χ1) is 13.1. The van der Waals surface area contributed by atoms with Crippen molar-refractivity contribution in [2.75, 3.05) is 13.1 Å². The van der Waals surface area contributed by atoms with Crippen LogP contribution in [-0.2, 0) is 4.79 Å². The third-order valence-electron chi connectivity index (χ3n) is 5.78. The first-order valence-electron chi connectivity index (χ1n) is 9.71. The summed E-state index contributed by atoms with van der Waals surface area (Å²) in [5.74, 6) is 0.979. The molecule has 4 heteroatoms. The average Bonchev–Trinajstić information content (AvgIpc) is 3.11. The molecule has 0 spiro atoms. The fourth-order valence-corrected chi connectivity index (χ4v) is 4.17. The van der Waals surface area contributed by atoms with Gasteiger partial charge in [-0.15, -0.1) is 0 Å². The highest BCUT2D eigenvalue weighted by atomic mass is 35.5. The Hall–Kier alpha value is -2.26. The van der Waals surface area contributed by atoms with Gasteiger partial charge >= 0.3 is 0 Å². The topological polar surface area (TPSA) is 36.1 Å². The second kappa shape index (κ2) is 7.77. The molecular formula is C23H25ClN2O. The van der Waals surface area contributed by atoms with Crippen LogP contribution >= 0.6 is 11.6 Å². The molecule has 2 heterocycles. The lowest BCUT2D eigenvalue weighted by Gasteiger charge is -2.31. The molecule has 1 aromatic heterocycles. The van der Waals surface area contributed by atoms with Crippen LogP contribution in [0, 0.1) is 5.92 Å². The first-order valence-corrected chi connectivity index (χ1v) is 10.1. The molecule has 1 aliphatic rings. The zero-order valence-electron chi connectivity index (χ0n) is 15.6. The molecule has 3 nitrogen and oxygen atoms in total. The van der Waals surface area contributed by atoms with Gasteiger partial charge in [-0.2, -0.15) is 0 Å². The number of fused-ring (bicyclic) bond motifs is 1. The second-order valence-electron chi connectivity index (χ2n) is 7.66. The highest BCUT2D eigenvalue weighted by Gasteiger charge is 2.26. The second-order valence-corrected chi connectivity index (χ2v) is 8.10. The number of likely N-dealkylation sites (tertiary alicyclic amines) is 1. The Morgan fingerprint density at radius 2 is 1.85 bits per heavy atom. The molecule has 1 amide bonds. The molecule has 1 saturated heterocycles. The number of hydrogen-bond donors (Lipinski definition) is 1. The molecule has 1 aliphatic heterocycles. The fraction of sp³-hybridized carbons (Fsp3) is 0.348. The number of para-hydroxylation sites is 1. The summed E-state index contributed by atoms with van der Waals surface area (Å²) in [5.41, 5.74) is 3.40. The molecular weight excluding hydrogens is 356 g/mol. The van der Waals surface area contributed by atoms with Crippen molar-refractivity contribution in [1.29, 1.82) is 0 Å². The standard InChI is InChI=1S/C23H25ClN2O/c1-16-10-12-26(13-11-16)23(27)14-20(17-6-8-18(24)9-7-17)21-15-25-22-5-3-2-4-19(21)22/h2-9,15-16,20,25H,10-14H2,1H3/t20-/m0/s1. The van der Waals surface area contributed by atoms with Crippen molar-refractivity contribution in [3.63, 3.8) is 0 Å². The van der Waals surface area contributed by atoms with E-state index in [1.807, 2.05) is 41.3 Å². The number of aromatic nitrogens is 1. The van der Waals surface area contributed by atoms with E-state index < -0.39 is 0 Å². The Balaban J connectivity index is 1.66. The zero-order valence-corrected chi connectivity index (χ0v) is 16.4. The molecule has 140 valence electrons. The number of aromatic amines is 1. The van der Waals surface area contributed by atoms with Crippen LogP contribution in [-0.4, -0.2) is 28.9 Å². The van der Waals surface area contributed by atoms with Crippen molar-refractivity contribution < 1.29 is 4.79 Å². The number of halogens is 1. The number of nitrogens with zero attached hydrogens (tertiary/aromatic N) is 1. The molecule has 0 unspecified atom stereocenters. The van der Waals surface area contributed by atoms with E-state index in [-0.39, 0.29) is 11.8 Å². The van der Waals surface area contributed by atoms with E-state index in [4.69, 9.17) is 11.6 Å². The van der Waals surface area contributed by atoms with E-state index in [1.165, 1.54) is 10.9 Å². The van der Waals surface area contributed by atoms with Crippen LogP contribution in [0.15, 0.2) is 54.7 Å². The van der Waals surface area contributed by atoms with Crippen LogP contribution in [0.5, 0.6) is 0 Å².